The molecule has 0 spiro atoms. The first kappa shape index (κ1) is 12.9. The molecule has 0 aliphatic carbocycles. The zero-order valence-corrected chi connectivity index (χ0v) is 9.04. The van der Waals surface area contributed by atoms with Gasteiger partial charge in [0.05, 0.1) is 12.2 Å². The zero-order chi connectivity index (χ0) is 11.0. The molecular weight excluding hydrogens is 180 g/mol. The molecule has 80 valence electrons. The molecule has 0 bridgehead atoms. The van der Waals surface area contributed by atoms with E-state index in [9.17, 15) is 4.79 Å². The average Bonchev–Trinajstić information content (AvgIpc) is 2.14. The van der Waals surface area contributed by atoms with Gasteiger partial charge in [0.25, 0.3) is 0 Å². The Balaban J connectivity index is 3.75. The molecule has 0 aromatic heterocycles. The zero-order valence-electron chi connectivity index (χ0n) is 9.04. The molecule has 0 aromatic carbocycles. The fraction of sp³-hybridized carbons (Fsp3) is 0.800. The van der Waals surface area contributed by atoms with Gasteiger partial charge >= 0.3 is 0 Å². The first-order valence-corrected chi connectivity index (χ1v) is 4.90. The highest BCUT2D eigenvalue weighted by Gasteiger charge is 2.10. The van der Waals surface area contributed by atoms with Gasteiger partial charge in [-0.2, -0.15) is 5.26 Å². The molecule has 0 aromatic rings. The summed E-state index contributed by atoms with van der Waals surface area (Å²) < 4.78 is 5.11. The summed E-state index contributed by atoms with van der Waals surface area (Å²) in [6, 6.07) is 1.65. The molecule has 1 atom stereocenters. The highest BCUT2D eigenvalue weighted by atomic mass is 16.5. The maximum atomic E-state index is 11.2. The SMILES string of the molecule is CCCC(C#N)NC(=O)COC(C)C. The maximum Gasteiger partial charge on any atom is 0.247 e. The van der Waals surface area contributed by atoms with E-state index in [1.807, 2.05) is 26.8 Å². The van der Waals surface area contributed by atoms with Crippen LogP contribution >= 0.6 is 0 Å². The molecule has 0 saturated heterocycles. The van der Waals surface area contributed by atoms with E-state index < -0.39 is 0 Å². The van der Waals surface area contributed by atoms with E-state index in [4.69, 9.17) is 10.00 Å². The lowest BCUT2D eigenvalue weighted by molar-refractivity contribution is -0.127. The summed E-state index contributed by atoms with van der Waals surface area (Å²) in [6.07, 6.45) is 1.60. The summed E-state index contributed by atoms with van der Waals surface area (Å²) in [5.74, 6) is -0.223. The van der Waals surface area contributed by atoms with E-state index in [1.54, 1.807) is 0 Å². The second kappa shape index (κ2) is 7.34. The summed E-state index contributed by atoms with van der Waals surface area (Å²) in [5, 5.41) is 11.3. The van der Waals surface area contributed by atoms with E-state index >= 15 is 0 Å². The second-order valence-electron chi connectivity index (χ2n) is 3.40. The van der Waals surface area contributed by atoms with Crippen molar-refractivity contribution in [3.63, 3.8) is 0 Å². The van der Waals surface area contributed by atoms with Crippen LogP contribution in [0, 0.1) is 11.3 Å². The molecule has 1 N–H and O–H groups in total. The van der Waals surface area contributed by atoms with E-state index in [0.717, 1.165) is 6.42 Å². The van der Waals surface area contributed by atoms with Crippen LogP contribution in [0.4, 0.5) is 0 Å². The third-order valence-corrected chi connectivity index (χ3v) is 1.62. The van der Waals surface area contributed by atoms with Crippen molar-refractivity contribution >= 4 is 5.91 Å². The van der Waals surface area contributed by atoms with Crippen molar-refractivity contribution in [2.24, 2.45) is 0 Å². The first-order chi connectivity index (χ1) is 6.60. The molecular formula is C10H18N2O2. The molecule has 0 aliphatic heterocycles. The van der Waals surface area contributed by atoms with Gasteiger partial charge in [0, 0.05) is 0 Å². The number of nitrogens with one attached hydrogen (secondary N) is 1. The summed E-state index contributed by atoms with van der Waals surface area (Å²) in [7, 11) is 0. The normalized spacial score (nSPS) is 12.2. The number of ether oxygens (including phenoxy) is 1. The van der Waals surface area contributed by atoms with Crippen LogP contribution in [-0.2, 0) is 9.53 Å². The lowest BCUT2D eigenvalue weighted by Crippen LogP contribution is -2.36. The first-order valence-electron chi connectivity index (χ1n) is 4.90. The molecule has 1 unspecified atom stereocenters. The van der Waals surface area contributed by atoms with Gasteiger partial charge in [-0.15, -0.1) is 0 Å². The number of rotatable bonds is 6. The van der Waals surface area contributed by atoms with E-state index in [1.165, 1.54) is 0 Å². The number of hydrogen-bond acceptors (Lipinski definition) is 3. The smallest absolute Gasteiger partial charge is 0.247 e. The van der Waals surface area contributed by atoms with Crippen molar-refractivity contribution < 1.29 is 9.53 Å². The Kier molecular flexibility index (Phi) is 6.77. The Hall–Kier alpha value is -1.08. The minimum atomic E-state index is -0.386. The number of nitrogens with zero attached hydrogens (tertiary/aromatic N) is 1. The van der Waals surface area contributed by atoms with Gasteiger partial charge in [0.15, 0.2) is 0 Å². The Morgan fingerprint density at radius 1 is 1.57 bits per heavy atom. The van der Waals surface area contributed by atoms with Crippen molar-refractivity contribution in [1.82, 2.24) is 5.32 Å². The Labute approximate surface area is 85.2 Å². The van der Waals surface area contributed by atoms with Crippen molar-refractivity contribution in [2.45, 2.75) is 45.8 Å². The van der Waals surface area contributed by atoms with Gasteiger partial charge in [-0.3, -0.25) is 4.79 Å². The predicted octanol–water partition coefficient (Wildman–Crippen LogP) is 1.22. The number of amides is 1. The molecule has 14 heavy (non-hydrogen) atoms. The molecule has 4 nitrogen and oxygen atoms in total. The summed E-state index contributed by atoms with van der Waals surface area (Å²) in [4.78, 5) is 11.2. The lowest BCUT2D eigenvalue weighted by Gasteiger charge is -2.11. The fourth-order valence-corrected chi connectivity index (χ4v) is 0.936. The number of carbonyl (C=O) groups excluding carboxylic acids is 1. The van der Waals surface area contributed by atoms with Gasteiger partial charge in [-0.25, -0.2) is 0 Å². The molecule has 0 saturated carbocycles. The second-order valence-corrected chi connectivity index (χ2v) is 3.40. The van der Waals surface area contributed by atoms with E-state index in [0.29, 0.717) is 6.42 Å². The van der Waals surface area contributed by atoms with Crippen LogP contribution in [0.5, 0.6) is 0 Å². The minimum absolute atomic E-state index is 0.0273. The van der Waals surface area contributed by atoms with Crippen LogP contribution in [0.25, 0.3) is 0 Å². The van der Waals surface area contributed by atoms with Crippen molar-refractivity contribution in [3.8, 4) is 6.07 Å². The van der Waals surface area contributed by atoms with Crippen LogP contribution < -0.4 is 5.32 Å². The van der Waals surface area contributed by atoms with Gasteiger partial charge in [-0.1, -0.05) is 13.3 Å². The highest BCUT2D eigenvalue weighted by molar-refractivity contribution is 5.77. The maximum absolute atomic E-state index is 11.2. The third kappa shape index (κ3) is 6.44. The van der Waals surface area contributed by atoms with Crippen LogP contribution in [0.1, 0.15) is 33.6 Å². The number of nitriles is 1. The Bertz CT molecular complexity index is 209. The monoisotopic (exact) mass is 198 g/mol. The van der Waals surface area contributed by atoms with Crippen LogP contribution in [-0.4, -0.2) is 24.7 Å². The van der Waals surface area contributed by atoms with Crippen molar-refractivity contribution in [3.05, 3.63) is 0 Å². The molecule has 4 heteroatoms. The van der Waals surface area contributed by atoms with Gasteiger partial charge in [-0.05, 0) is 20.3 Å². The van der Waals surface area contributed by atoms with Crippen LogP contribution in [0.2, 0.25) is 0 Å². The molecule has 0 radical (unpaired) electrons. The number of carbonyl (C=O) groups is 1. The molecule has 0 heterocycles. The molecule has 0 fully saturated rings. The van der Waals surface area contributed by atoms with E-state index in [2.05, 4.69) is 5.32 Å². The highest BCUT2D eigenvalue weighted by Crippen LogP contribution is 1.95. The largest absolute Gasteiger partial charge is 0.369 e. The predicted molar refractivity (Wildman–Crippen MR) is 53.5 cm³/mol. The topological polar surface area (TPSA) is 62.1 Å². The van der Waals surface area contributed by atoms with E-state index in [-0.39, 0.29) is 24.7 Å². The number of hydrogen-bond donors (Lipinski definition) is 1. The molecule has 0 rings (SSSR count). The fourth-order valence-electron chi connectivity index (χ4n) is 0.936. The Morgan fingerprint density at radius 3 is 2.64 bits per heavy atom. The quantitative estimate of drug-likeness (QED) is 0.698. The van der Waals surface area contributed by atoms with Gasteiger partial charge in [0.1, 0.15) is 12.6 Å². The average molecular weight is 198 g/mol. The summed E-state index contributed by atoms with van der Waals surface area (Å²) in [5.41, 5.74) is 0. The van der Waals surface area contributed by atoms with Crippen LogP contribution in [0.3, 0.4) is 0 Å². The van der Waals surface area contributed by atoms with Crippen molar-refractivity contribution in [1.29, 1.82) is 5.26 Å². The van der Waals surface area contributed by atoms with Gasteiger partial charge < -0.3 is 10.1 Å². The molecule has 0 aliphatic rings. The van der Waals surface area contributed by atoms with Gasteiger partial charge in [0.2, 0.25) is 5.91 Å². The van der Waals surface area contributed by atoms with Crippen molar-refractivity contribution in [2.75, 3.05) is 6.61 Å². The standard InChI is InChI=1S/C10H18N2O2/c1-4-5-9(6-11)12-10(13)7-14-8(2)3/h8-9H,4-5,7H2,1-3H3,(H,12,13). The minimum Gasteiger partial charge on any atom is -0.369 e. The lowest BCUT2D eigenvalue weighted by atomic mass is 10.2. The molecule has 1 amide bonds. The van der Waals surface area contributed by atoms with Crippen LogP contribution in [0.15, 0.2) is 0 Å². The summed E-state index contributed by atoms with van der Waals surface area (Å²) in [6.45, 7) is 5.73. The Morgan fingerprint density at radius 2 is 2.21 bits per heavy atom. The third-order valence-electron chi connectivity index (χ3n) is 1.62. The summed E-state index contributed by atoms with van der Waals surface area (Å²) >= 11 is 0.